The average molecular weight is 242 g/mol. The van der Waals surface area contributed by atoms with E-state index in [4.69, 9.17) is 0 Å². The summed E-state index contributed by atoms with van der Waals surface area (Å²) in [5.74, 6) is 0. The molecule has 72 valence electrons. The number of halogens is 1. The van der Waals surface area contributed by atoms with Crippen LogP contribution in [0, 0.1) is 0 Å². The molecule has 13 heavy (non-hydrogen) atoms. The monoisotopic (exact) mass is 241 g/mol. The molecule has 0 N–H and O–H groups in total. The lowest BCUT2D eigenvalue weighted by Gasteiger charge is -1.94. The first-order valence-corrected chi connectivity index (χ1v) is 5.21. The Kier molecular flexibility index (Phi) is 7.01. The maximum absolute atomic E-state index is 3.40. The van der Waals surface area contributed by atoms with Gasteiger partial charge in [0, 0.05) is 4.47 Å². The second-order valence-corrected chi connectivity index (χ2v) is 4.24. The number of hydrogen-bond acceptors (Lipinski definition) is 1. The summed E-state index contributed by atoms with van der Waals surface area (Å²) in [6.45, 7) is 0. The Bertz CT molecular complexity index is 235. The van der Waals surface area contributed by atoms with E-state index in [9.17, 15) is 0 Å². The molecule has 0 spiro atoms. The van der Waals surface area contributed by atoms with E-state index in [0.29, 0.717) is 0 Å². The standard InChI is InChI=1S/C7H8BBr.C3H9N/c8-5-6-2-1-3-7(9)4-6;1-4(2)3/h1-4H,5,8H2;1-3H3. The minimum atomic E-state index is 1.11. The van der Waals surface area contributed by atoms with Crippen molar-refractivity contribution in [1.82, 2.24) is 4.90 Å². The molecular weight excluding hydrogens is 225 g/mol. The van der Waals surface area contributed by atoms with Gasteiger partial charge in [0.2, 0.25) is 0 Å². The summed E-state index contributed by atoms with van der Waals surface area (Å²) < 4.78 is 1.17. The largest absolute Gasteiger partial charge is 0.312 e. The molecule has 3 heteroatoms. The van der Waals surface area contributed by atoms with Gasteiger partial charge in [-0.1, -0.05) is 39.9 Å². The van der Waals surface area contributed by atoms with Crippen molar-refractivity contribution in [3.05, 3.63) is 34.3 Å². The number of rotatable bonds is 1. The van der Waals surface area contributed by atoms with Crippen LogP contribution < -0.4 is 0 Å². The van der Waals surface area contributed by atoms with Crippen LogP contribution in [-0.2, 0) is 6.32 Å². The third-order valence-corrected chi connectivity index (χ3v) is 1.79. The topological polar surface area (TPSA) is 3.24 Å². The highest BCUT2D eigenvalue weighted by molar-refractivity contribution is 9.10. The minimum Gasteiger partial charge on any atom is -0.312 e. The molecule has 0 amide bonds. The van der Waals surface area contributed by atoms with Crippen molar-refractivity contribution in [2.75, 3.05) is 21.1 Å². The van der Waals surface area contributed by atoms with Crippen LogP contribution in [0.1, 0.15) is 5.56 Å². The SMILES string of the molecule is BCc1cccc(Br)c1.CN(C)C. The summed E-state index contributed by atoms with van der Waals surface area (Å²) in [6, 6.07) is 8.37. The molecule has 0 saturated carbocycles. The highest BCUT2D eigenvalue weighted by Crippen LogP contribution is 2.10. The van der Waals surface area contributed by atoms with Crippen molar-refractivity contribution in [2.24, 2.45) is 0 Å². The molecule has 0 aliphatic carbocycles. The van der Waals surface area contributed by atoms with E-state index in [0.717, 1.165) is 6.32 Å². The summed E-state index contributed by atoms with van der Waals surface area (Å²) in [4.78, 5) is 2.00. The maximum Gasteiger partial charge on any atom is 0.107 e. The lowest BCUT2D eigenvalue weighted by atomic mass is 9.97. The van der Waals surface area contributed by atoms with Gasteiger partial charge < -0.3 is 4.90 Å². The first-order valence-electron chi connectivity index (χ1n) is 4.41. The third kappa shape index (κ3) is 8.07. The molecule has 1 aromatic carbocycles. The van der Waals surface area contributed by atoms with Crippen molar-refractivity contribution in [1.29, 1.82) is 0 Å². The van der Waals surface area contributed by atoms with Crippen LogP contribution in [0.2, 0.25) is 0 Å². The zero-order valence-corrected chi connectivity index (χ0v) is 10.4. The lowest BCUT2D eigenvalue weighted by Crippen LogP contribution is -1.99. The van der Waals surface area contributed by atoms with Crippen LogP contribution in [0.25, 0.3) is 0 Å². The van der Waals surface area contributed by atoms with E-state index >= 15 is 0 Å². The number of benzene rings is 1. The van der Waals surface area contributed by atoms with Gasteiger partial charge in [0.05, 0.1) is 0 Å². The smallest absolute Gasteiger partial charge is 0.107 e. The normalized spacial score (nSPS) is 9.31. The molecule has 0 atom stereocenters. The second-order valence-electron chi connectivity index (χ2n) is 3.33. The lowest BCUT2D eigenvalue weighted by molar-refractivity contribution is 0.505. The average Bonchev–Trinajstić information content (AvgIpc) is 2.03. The zero-order valence-electron chi connectivity index (χ0n) is 8.84. The Morgan fingerprint density at radius 1 is 1.31 bits per heavy atom. The van der Waals surface area contributed by atoms with Crippen molar-refractivity contribution in [2.45, 2.75) is 6.32 Å². The highest BCUT2D eigenvalue weighted by atomic mass is 79.9. The Hall–Kier alpha value is -0.275. The van der Waals surface area contributed by atoms with Gasteiger partial charge in [0.15, 0.2) is 0 Å². The molecule has 0 aliphatic heterocycles. The Morgan fingerprint density at radius 2 is 1.85 bits per heavy atom. The quantitative estimate of drug-likeness (QED) is 0.678. The fraction of sp³-hybridized carbons (Fsp3) is 0.400. The van der Waals surface area contributed by atoms with Gasteiger partial charge in [-0.05, 0) is 33.3 Å². The number of nitrogens with zero attached hydrogens (tertiary/aromatic N) is 1. The van der Waals surface area contributed by atoms with E-state index in [1.807, 2.05) is 32.1 Å². The summed E-state index contributed by atoms with van der Waals surface area (Å²) in [6.07, 6.45) is 1.11. The molecular formula is C10H17BBrN. The highest BCUT2D eigenvalue weighted by Gasteiger charge is 1.87. The summed E-state index contributed by atoms with van der Waals surface area (Å²) in [7, 11) is 8.15. The van der Waals surface area contributed by atoms with Crippen molar-refractivity contribution >= 4 is 23.8 Å². The Morgan fingerprint density at radius 3 is 2.15 bits per heavy atom. The second kappa shape index (κ2) is 7.16. The fourth-order valence-electron chi connectivity index (χ4n) is 0.757. The first kappa shape index (κ1) is 12.7. The van der Waals surface area contributed by atoms with Gasteiger partial charge in [0.1, 0.15) is 7.85 Å². The van der Waals surface area contributed by atoms with Gasteiger partial charge in [0.25, 0.3) is 0 Å². The number of hydrogen-bond donors (Lipinski definition) is 0. The molecule has 1 nitrogen and oxygen atoms in total. The van der Waals surface area contributed by atoms with E-state index in [1.54, 1.807) is 0 Å². The van der Waals surface area contributed by atoms with Gasteiger partial charge in [-0.25, -0.2) is 0 Å². The van der Waals surface area contributed by atoms with Crippen molar-refractivity contribution in [3.8, 4) is 0 Å². The molecule has 0 radical (unpaired) electrons. The van der Waals surface area contributed by atoms with Gasteiger partial charge in [-0.3, -0.25) is 0 Å². The van der Waals surface area contributed by atoms with Crippen LogP contribution >= 0.6 is 15.9 Å². The summed E-state index contributed by atoms with van der Waals surface area (Å²) >= 11 is 3.40. The van der Waals surface area contributed by atoms with E-state index < -0.39 is 0 Å². The summed E-state index contributed by atoms with van der Waals surface area (Å²) in [5, 5.41) is 0. The van der Waals surface area contributed by atoms with Crippen molar-refractivity contribution in [3.63, 3.8) is 0 Å². The maximum atomic E-state index is 3.40. The van der Waals surface area contributed by atoms with Crippen LogP contribution in [0.3, 0.4) is 0 Å². The molecule has 0 aliphatic rings. The zero-order chi connectivity index (χ0) is 10.3. The molecule has 0 aromatic heterocycles. The third-order valence-electron chi connectivity index (χ3n) is 1.30. The Labute approximate surface area is 90.7 Å². The van der Waals surface area contributed by atoms with Crippen molar-refractivity contribution < 1.29 is 0 Å². The molecule has 0 bridgehead atoms. The van der Waals surface area contributed by atoms with E-state index in [2.05, 4.69) is 42.0 Å². The van der Waals surface area contributed by atoms with Crippen LogP contribution in [-0.4, -0.2) is 33.9 Å². The first-order chi connectivity index (χ1) is 6.06. The predicted octanol–water partition coefficient (Wildman–Crippen LogP) is 1.76. The van der Waals surface area contributed by atoms with Crippen LogP contribution in [0.5, 0.6) is 0 Å². The molecule has 0 heterocycles. The van der Waals surface area contributed by atoms with Gasteiger partial charge in [-0.15, -0.1) is 0 Å². The predicted molar refractivity (Wildman–Crippen MR) is 66.0 cm³/mol. The molecule has 1 aromatic rings. The van der Waals surface area contributed by atoms with Crippen LogP contribution in [0.15, 0.2) is 28.7 Å². The molecule has 0 saturated heterocycles. The summed E-state index contributed by atoms with van der Waals surface area (Å²) in [5.41, 5.74) is 1.38. The fourth-order valence-corrected chi connectivity index (χ4v) is 1.20. The van der Waals surface area contributed by atoms with Gasteiger partial charge in [-0.2, -0.15) is 0 Å². The van der Waals surface area contributed by atoms with Crippen LogP contribution in [0.4, 0.5) is 0 Å². The Balaban J connectivity index is 0.000000310. The van der Waals surface area contributed by atoms with E-state index in [-0.39, 0.29) is 0 Å². The molecule has 0 fully saturated rings. The van der Waals surface area contributed by atoms with Gasteiger partial charge >= 0.3 is 0 Å². The van der Waals surface area contributed by atoms with E-state index in [1.165, 1.54) is 10.0 Å². The molecule has 0 unspecified atom stereocenters. The molecule has 1 rings (SSSR count). The minimum absolute atomic E-state index is 1.11.